The lowest BCUT2D eigenvalue weighted by Gasteiger charge is -2.27. The van der Waals surface area contributed by atoms with Crippen molar-refractivity contribution in [3.63, 3.8) is 0 Å². The number of aromatic nitrogens is 2. The highest BCUT2D eigenvalue weighted by Crippen LogP contribution is 2.28. The fourth-order valence-corrected chi connectivity index (χ4v) is 3.69. The van der Waals surface area contributed by atoms with Crippen molar-refractivity contribution in [2.45, 2.75) is 45.3 Å². The third kappa shape index (κ3) is 5.53. The SMILES string of the molecule is Cc1c(N)cccc1CN(CCN1CCCCCC1)C(=O)c1cc(C(F)(F)F)[nH]n1. The van der Waals surface area contributed by atoms with Crippen molar-refractivity contribution in [2.75, 3.05) is 31.9 Å². The summed E-state index contributed by atoms with van der Waals surface area (Å²) in [5, 5.41) is 5.55. The fourth-order valence-electron chi connectivity index (χ4n) is 3.69. The molecule has 2 heterocycles. The summed E-state index contributed by atoms with van der Waals surface area (Å²) in [5.41, 5.74) is 7.07. The molecule has 0 unspecified atom stereocenters. The summed E-state index contributed by atoms with van der Waals surface area (Å²) in [5.74, 6) is -0.529. The second-order valence-electron chi connectivity index (χ2n) is 7.78. The zero-order valence-electron chi connectivity index (χ0n) is 17.1. The Bertz CT molecular complexity index is 857. The van der Waals surface area contributed by atoms with Gasteiger partial charge >= 0.3 is 6.18 Å². The largest absolute Gasteiger partial charge is 0.432 e. The van der Waals surface area contributed by atoms with Crippen molar-refractivity contribution in [2.24, 2.45) is 0 Å². The number of nitrogens with two attached hydrogens (primary N) is 1. The zero-order chi connectivity index (χ0) is 21.7. The van der Waals surface area contributed by atoms with Gasteiger partial charge in [-0.05, 0) is 50.0 Å². The quantitative estimate of drug-likeness (QED) is 0.692. The zero-order valence-corrected chi connectivity index (χ0v) is 17.1. The number of anilines is 1. The van der Waals surface area contributed by atoms with Gasteiger partial charge in [0.2, 0.25) is 0 Å². The first-order chi connectivity index (χ1) is 14.3. The lowest BCUT2D eigenvalue weighted by Crippen LogP contribution is -2.39. The van der Waals surface area contributed by atoms with Gasteiger partial charge in [0.15, 0.2) is 5.69 Å². The minimum absolute atomic E-state index is 0.236. The molecule has 0 saturated carbocycles. The van der Waals surface area contributed by atoms with E-state index in [1.165, 1.54) is 12.8 Å². The second kappa shape index (κ2) is 9.51. The lowest BCUT2D eigenvalue weighted by molar-refractivity contribution is -0.141. The van der Waals surface area contributed by atoms with Crippen LogP contribution in [-0.4, -0.2) is 52.1 Å². The van der Waals surface area contributed by atoms with Gasteiger partial charge in [-0.3, -0.25) is 9.89 Å². The molecule has 1 saturated heterocycles. The van der Waals surface area contributed by atoms with E-state index in [0.717, 1.165) is 43.1 Å². The van der Waals surface area contributed by atoms with Gasteiger partial charge < -0.3 is 15.5 Å². The van der Waals surface area contributed by atoms with Gasteiger partial charge in [-0.2, -0.15) is 18.3 Å². The van der Waals surface area contributed by atoms with Crippen LogP contribution in [-0.2, 0) is 12.7 Å². The molecule has 9 heteroatoms. The highest BCUT2D eigenvalue weighted by atomic mass is 19.4. The summed E-state index contributed by atoms with van der Waals surface area (Å²) in [4.78, 5) is 16.9. The predicted molar refractivity (Wildman–Crippen MR) is 109 cm³/mol. The highest BCUT2D eigenvalue weighted by molar-refractivity contribution is 5.92. The van der Waals surface area contributed by atoms with Crippen LogP contribution in [0.4, 0.5) is 18.9 Å². The molecule has 1 aromatic carbocycles. The number of halogens is 3. The Balaban J connectivity index is 1.79. The highest BCUT2D eigenvalue weighted by Gasteiger charge is 2.34. The number of hydrogen-bond acceptors (Lipinski definition) is 4. The number of rotatable bonds is 6. The molecule has 6 nitrogen and oxygen atoms in total. The number of amides is 1. The number of nitrogen functional groups attached to an aromatic ring is 1. The third-order valence-corrected chi connectivity index (χ3v) is 5.62. The molecule has 0 radical (unpaired) electrons. The number of carbonyl (C=O) groups excluding carboxylic acids is 1. The Hall–Kier alpha value is -2.55. The van der Waals surface area contributed by atoms with Crippen molar-refractivity contribution >= 4 is 11.6 Å². The number of nitrogens with zero attached hydrogens (tertiary/aromatic N) is 3. The Morgan fingerprint density at radius 3 is 2.57 bits per heavy atom. The van der Waals surface area contributed by atoms with E-state index in [0.29, 0.717) is 18.8 Å². The standard InChI is InChI=1S/C21H28F3N5O/c1-15-16(7-6-8-17(15)25)14-29(12-11-28-9-4-2-3-5-10-28)20(30)18-13-19(27-26-18)21(22,23)24/h6-8,13H,2-5,9-12,14,25H2,1H3,(H,26,27). The molecule has 1 amide bonds. The number of alkyl halides is 3. The Morgan fingerprint density at radius 1 is 1.23 bits per heavy atom. The van der Waals surface area contributed by atoms with E-state index in [1.807, 2.05) is 24.2 Å². The van der Waals surface area contributed by atoms with Gasteiger partial charge in [0.1, 0.15) is 5.69 Å². The number of H-pyrrole nitrogens is 1. The van der Waals surface area contributed by atoms with Crippen LogP contribution in [0.3, 0.4) is 0 Å². The number of carbonyl (C=O) groups is 1. The maximum atomic E-state index is 13.1. The van der Waals surface area contributed by atoms with Crippen LogP contribution in [0, 0.1) is 6.92 Å². The van der Waals surface area contributed by atoms with Gasteiger partial charge in [0.05, 0.1) is 0 Å². The van der Waals surface area contributed by atoms with Crippen molar-refractivity contribution in [3.8, 4) is 0 Å². The summed E-state index contributed by atoms with van der Waals surface area (Å²) in [6.45, 7) is 5.15. The van der Waals surface area contributed by atoms with E-state index >= 15 is 0 Å². The van der Waals surface area contributed by atoms with Gasteiger partial charge in [-0.25, -0.2) is 0 Å². The average Bonchev–Trinajstić information content (AvgIpc) is 3.07. The molecule has 164 valence electrons. The number of benzene rings is 1. The Kier molecular flexibility index (Phi) is 7.02. The van der Waals surface area contributed by atoms with Crippen molar-refractivity contribution in [1.29, 1.82) is 0 Å². The summed E-state index contributed by atoms with van der Waals surface area (Å²) >= 11 is 0. The lowest BCUT2D eigenvalue weighted by atomic mass is 10.1. The normalized spacial score (nSPS) is 15.7. The molecule has 3 N–H and O–H groups in total. The number of hydrogen-bond donors (Lipinski definition) is 2. The second-order valence-corrected chi connectivity index (χ2v) is 7.78. The van der Waals surface area contributed by atoms with Crippen LogP contribution in [0.5, 0.6) is 0 Å². The van der Waals surface area contributed by atoms with Crippen LogP contribution >= 0.6 is 0 Å². The third-order valence-electron chi connectivity index (χ3n) is 5.62. The summed E-state index contributed by atoms with van der Waals surface area (Å²) in [7, 11) is 0. The van der Waals surface area contributed by atoms with E-state index in [4.69, 9.17) is 5.73 Å². The average molecular weight is 423 g/mol. The minimum atomic E-state index is -4.58. The summed E-state index contributed by atoms with van der Waals surface area (Å²) < 4.78 is 38.8. The molecule has 1 fully saturated rings. The Morgan fingerprint density at radius 2 is 1.93 bits per heavy atom. The topological polar surface area (TPSA) is 78.2 Å². The van der Waals surface area contributed by atoms with Gasteiger partial charge in [0.25, 0.3) is 5.91 Å². The first-order valence-electron chi connectivity index (χ1n) is 10.2. The molecule has 3 rings (SSSR count). The first kappa shape index (κ1) is 22.1. The van der Waals surface area contributed by atoms with Crippen LogP contribution < -0.4 is 5.73 Å². The van der Waals surface area contributed by atoms with E-state index in [2.05, 4.69) is 10.00 Å². The molecule has 1 aromatic heterocycles. The van der Waals surface area contributed by atoms with E-state index in [-0.39, 0.29) is 12.2 Å². The first-order valence-corrected chi connectivity index (χ1v) is 10.2. The molecule has 30 heavy (non-hydrogen) atoms. The van der Waals surface area contributed by atoms with Crippen LogP contribution in [0.1, 0.15) is 53.0 Å². The molecule has 1 aliphatic rings. The number of nitrogens with one attached hydrogen (secondary N) is 1. The molecule has 2 aromatic rings. The Labute approximate surface area is 174 Å². The summed E-state index contributed by atoms with van der Waals surface area (Å²) in [6, 6.07) is 6.24. The monoisotopic (exact) mass is 423 g/mol. The molecular weight excluding hydrogens is 395 g/mol. The number of aromatic amines is 1. The minimum Gasteiger partial charge on any atom is -0.399 e. The van der Waals surface area contributed by atoms with Crippen LogP contribution in [0.2, 0.25) is 0 Å². The van der Waals surface area contributed by atoms with Crippen LogP contribution in [0.15, 0.2) is 24.3 Å². The maximum absolute atomic E-state index is 13.1. The van der Waals surface area contributed by atoms with Gasteiger partial charge in [-0.15, -0.1) is 0 Å². The molecule has 0 bridgehead atoms. The van der Waals surface area contributed by atoms with Crippen molar-refractivity contribution in [1.82, 2.24) is 20.0 Å². The van der Waals surface area contributed by atoms with Gasteiger partial charge in [-0.1, -0.05) is 25.0 Å². The van der Waals surface area contributed by atoms with Crippen LogP contribution in [0.25, 0.3) is 0 Å². The summed E-state index contributed by atoms with van der Waals surface area (Å²) in [6.07, 6.45) is 0.0737. The molecule has 1 aliphatic heterocycles. The van der Waals surface area contributed by atoms with Crippen molar-refractivity contribution < 1.29 is 18.0 Å². The number of likely N-dealkylation sites (tertiary alicyclic amines) is 1. The molecule has 0 atom stereocenters. The van der Waals surface area contributed by atoms with Gasteiger partial charge in [0, 0.05) is 31.4 Å². The fraction of sp³-hybridized carbons (Fsp3) is 0.524. The van der Waals surface area contributed by atoms with E-state index < -0.39 is 17.8 Å². The predicted octanol–water partition coefficient (Wildman–Crippen LogP) is 3.84. The van der Waals surface area contributed by atoms with Crippen molar-refractivity contribution in [3.05, 3.63) is 46.8 Å². The molecular formula is C21H28F3N5O. The molecule has 0 spiro atoms. The maximum Gasteiger partial charge on any atom is 0.432 e. The van der Waals surface area contributed by atoms with E-state index in [9.17, 15) is 18.0 Å². The molecule has 0 aliphatic carbocycles. The smallest absolute Gasteiger partial charge is 0.399 e. The van der Waals surface area contributed by atoms with E-state index in [1.54, 1.807) is 11.0 Å².